The predicted molar refractivity (Wildman–Crippen MR) is 88.3 cm³/mol. The molecule has 0 fully saturated rings. The van der Waals surface area contributed by atoms with Crippen molar-refractivity contribution in [1.82, 2.24) is 4.90 Å². The molecule has 0 aromatic heterocycles. The van der Waals surface area contributed by atoms with E-state index in [1.165, 1.54) is 0 Å². The molecule has 23 heavy (non-hydrogen) atoms. The summed E-state index contributed by atoms with van der Waals surface area (Å²) in [6, 6.07) is 12.8. The summed E-state index contributed by atoms with van der Waals surface area (Å²) in [5.41, 5.74) is 1.58. The second kappa shape index (κ2) is 7.54. The Morgan fingerprint density at radius 2 is 1.57 bits per heavy atom. The minimum atomic E-state index is -0.0817. The number of carbonyl (C=O) groups excluding carboxylic acids is 1. The van der Waals surface area contributed by atoms with Gasteiger partial charge in [0.1, 0.15) is 5.75 Å². The molecule has 2 aromatic rings. The largest absolute Gasteiger partial charge is 0.497 e. The van der Waals surface area contributed by atoms with Gasteiger partial charge in [0.15, 0.2) is 11.5 Å². The number of hydrogen-bond donors (Lipinski definition) is 0. The van der Waals surface area contributed by atoms with Crippen molar-refractivity contribution in [1.29, 1.82) is 0 Å². The molecule has 0 bridgehead atoms. The van der Waals surface area contributed by atoms with Gasteiger partial charge in [-0.1, -0.05) is 12.1 Å². The highest BCUT2D eigenvalue weighted by Gasteiger charge is 2.15. The van der Waals surface area contributed by atoms with E-state index in [0.29, 0.717) is 23.6 Å². The summed E-state index contributed by atoms with van der Waals surface area (Å²) < 4.78 is 15.6. The summed E-state index contributed by atoms with van der Waals surface area (Å²) in [6.07, 6.45) is 0. The fraction of sp³-hybridized carbons (Fsp3) is 0.278. The Kier molecular flexibility index (Phi) is 5.46. The van der Waals surface area contributed by atoms with Crippen LogP contribution in [0.25, 0.3) is 0 Å². The molecule has 5 nitrogen and oxygen atoms in total. The highest BCUT2D eigenvalue weighted by molar-refractivity contribution is 5.94. The molecule has 0 saturated heterocycles. The lowest BCUT2D eigenvalue weighted by Crippen LogP contribution is -2.26. The summed E-state index contributed by atoms with van der Waals surface area (Å²) in [5, 5.41) is 0. The number of carbonyl (C=O) groups is 1. The lowest BCUT2D eigenvalue weighted by Gasteiger charge is -2.18. The van der Waals surface area contributed by atoms with Crippen LogP contribution < -0.4 is 14.2 Å². The Balaban J connectivity index is 2.12. The zero-order chi connectivity index (χ0) is 16.8. The molecule has 0 atom stereocenters. The third-order valence-corrected chi connectivity index (χ3v) is 3.56. The minimum absolute atomic E-state index is 0.0817. The van der Waals surface area contributed by atoms with Crippen LogP contribution in [0.2, 0.25) is 0 Å². The Labute approximate surface area is 136 Å². The van der Waals surface area contributed by atoms with E-state index in [2.05, 4.69) is 0 Å². The van der Waals surface area contributed by atoms with Crippen molar-refractivity contribution in [3.8, 4) is 17.2 Å². The Morgan fingerprint density at radius 3 is 2.13 bits per heavy atom. The van der Waals surface area contributed by atoms with E-state index in [1.54, 1.807) is 51.5 Å². The number of methoxy groups -OCH3 is 3. The fourth-order valence-corrected chi connectivity index (χ4v) is 2.27. The lowest BCUT2D eigenvalue weighted by atomic mass is 10.1. The molecule has 2 aromatic carbocycles. The van der Waals surface area contributed by atoms with Crippen molar-refractivity contribution in [2.24, 2.45) is 0 Å². The first-order valence-corrected chi connectivity index (χ1v) is 7.19. The monoisotopic (exact) mass is 315 g/mol. The maximum absolute atomic E-state index is 12.5. The zero-order valence-electron chi connectivity index (χ0n) is 13.8. The average molecular weight is 315 g/mol. The molecule has 0 saturated carbocycles. The quantitative estimate of drug-likeness (QED) is 0.822. The van der Waals surface area contributed by atoms with Gasteiger partial charge in [-0.25, -0.2) is 0 Å². The molecule has 122 valence electrons. The van der Waals surface area contributed by atoms with Crippen LogP contribution in [-0.2, 0) is 6.54 Å². The van der Waals surface area contributed by atoms with Gasteiger partial charge < -0.3 is 19.1 Å². The van der Waals surface area contributed by atoms with Crippen molar-refractivity contribution < 1.29 is 19.0 Å². The molecule has 5 heteroatoms. The standard InChI is InChI=1S/C18H21NO4/c1-19(12-13-5-8-15(21-2)9-6-13)18(20)14-7-10-16(22-3)17(11-14)23-4/h5-11H,12H2,1-4H3. The predicted octanol–water partition coefficient (Wildman–Crippen LogP) is 2.98. The molecule has 0 aliphatic carbocycles. The van der Waals surface area contributed by atoms with E-state index in [-0.39, 0.29) is 5.91 Å². The first-order valence-electron chi connectivity index (χ1n) is 7.19. The summed E-state index contributed by atoms with van der Waals surface area (Å²) in [5.74, 6) is 1.85. The van der Waals surface area contributed by atoms with Gasteiger partial charge in [-0.3, -0.25) is 4.79 Å². The summed E-state index contributed by atoms with van der Waals surface area (Å²) in [6.45, 7) is 0.511. The third-order valence-electron chi connectivity index (χ3n) is 3.56. The van der Waals surface area contributed by atoms with Crippen molar-refractivity contribution in [2.75, 3.05) is 28.4 Å². The van der Waals surface area contributed by atoms with E-state index in [4.69, 9.17) is 14.2 Å². The van der Waals surface area contributed by atoms with Crippen molar-refractivity contribution in [3.63, 3.8) is 0 Å². The van der Waals surface area contributed by atoms with Crippen LogP contribution in [0.5, 0.6) is 17.2 Å². The van der Waals surface area contributed by atoms with E-state index in [9.17, 15) is 4.79 Å². The van der Waals surface area contributed by atoms with Gasteiger partial charge in [-0.05, 0) is 35.9 Å². The SMILES string of the molecule is COc1ccc(CN(C)C(=O)c2ccc(OC)c(OC)c2)cc1. The topological polar surface area (TPSA) is 48.0 Å². The summed E-state index contributed by atoms with van der Waals surface area (Å²) in [4.78, 5) is 14.2. The number of hydrogen-bond acceptors (Lipinski definition) is 4. The van der Waals surface area contributed by atoms with Gasteiger partial charge in [-0.2, -0.15) is 0 Å². The lowest BCUT2D eigenvalue weighted by molar-refractivity contribution is 0.0784. The summed E-state index contributed by atoms with van der Waals surface area (Å²) >= 11 is 0. The molecule has 0 unspecified atom stereocenters. The number of benzene rings is 2. The summed E-state index contributed by atoms with van der Waals surface area (Å²) in [7, 11) is 6.51. The number of amides is 1. The molecule has 1 amide bonds. The van der Waals surface area contributed by atoms with Crippen LogP contribution in [-0.4, -0.2) is 39.2 Å². The molecule has 0 aliphatic rings. The molecule has 0 radical (unpaired) electrons. The van der Waals surface area contributed by atoms with Crippen LogP contribution in [0.1, 0.15) is 15.9 Å². The number of ether oxygens (including phenoxy) is 3. The number of rotatable bonds is 6. The van der Waals surface area contributed by atoms with Crippen LogP contribution in [0.4, 0.5) is 0 Å². The van der Waals surface area contributed by atoms with Gasteiger partial charge in [0, 0.05) is 19.2 Å². The molecular formula is C18H21NO4. The van der Waals surface area contributed by atoms with Crippen LogP contribution >= 0.6 is 0 Å². The van der Waals surface area contributed by atoms with Crippen molar-refractivity contribution in [2.45, 2.75) is 6.54 Å². The smallest absolute Gasteiger partial charge is 0.254 e. The molecule has 2 rings (SSSR count). The molecule has 0 N–H and O–H groups in total. The van der Waals surface area contributed by atoms with Crippen LogP contribution in [0, 0.1) is 0 Å². The Bertz CT molecular complexity index is 667. The van der Waals surface area contributed by atoms with E-state index < -0.39 is 0 Å². The Hall–Kier alpha value is -2.69. The highest BCUT2D eigenvalue weighted by atomic mass is 16.5. The second-order valence-electron chi connectivity index (χ2n) is 5.08. The zero-order valence-corrected chi connectivity index (χ0v) is 13.8. The Morgan fingerprint density at radius 1 is 0.913 bits per heavy atom. The fourth-order valence-electron chi connectivity index (χ4n) is 2.27. The number of nitrogens with zero attached hydrogens (tertiary/aromatic N) is 1. The first kappa shape index (κ1) is 16.7. The van der Waals surface area contributed by atoms with E-state index in [1.807, 2.05) is 24.3 Å². The van der Waals surface area contributed by atoms with Crippen molar-refractivity contribution >= 4 is 5.91 Å². The van der Waals surface area contributed by atoms with Gasteiger partial charge in [0.25, 0.3) is 5.91 Å². The maximum atomic E-state index is 12.5. The normalized spacial score (nSPS) is 10.1. The highest BCUT2D eigenvalue weighted by Crippen LogP contribution is 2.28. The van der Waals surface area contributed by atoms with Crippen LogP contribution in [0.15, 0.2) is 42.5 Å². The average Bonchev–Trinajstić information content (AvgIpc) is 2.61. The van der Waals surface area contributed by atoms with Gasteiger partial charge in [-0.15, -0.1) is 0 Å². The third kappa shape index (κ3) is 3.94. The van der Waals surface area contributed by atoms with E-state index in [0.717, 1.165) is 11.3 Å². The minimum Gasteiger partial charge on any atom is -0.497 e. The molecule has 0 spiro atoms. The van der Waals surface area contributed by atoms with E-state index >= 15 is 0 Å². The second-order valence-corrected chi connectivity index (χ2v) is 5.08. The molecule has 0 aliphatic heterocycles. The van der Waals surface area contributed by atoms with Crippen LogP contribution in [0.3, 0.4) is 0 Å². The molecule has 0 heterocycles. The van der Waals surface area contributed by atoms with Gasteiger partial charge in [0.2, 0.25) is 0 Å². The maximum Gasteiger partial charge on any atom is 0.254 e. The van der Waals surface area contributed by atoms with Gasteiger partial charge >= 0.3 is 0 Å². The molecular weight excluding hydrogens is 294 g/mol. The van der Waals surface area contributed by atoms with Gasteiger partial charge in [0.05, 0.1) is 21.3 Å². The van der Waals surface area contributed by atoms with Crippen molar-refractivity contribution in [3.05, 3.63) is 53.6 Å². The first-order chi connectivity index (χ1) is 11.1.